The molecule has 5 N–H and O–H groups in total. The van der Waals surface area contributed by atoms with E-state index in [1.165, 1.54) is 6.92 Å². The number of thiophene rings is 1. The number of amides is 1. The Balaban J connectivity index is 2.99. The van der Waals surface area contributed by atoms with Gasteiger partial charge in [-0.1, -0.05) is 20.8 Å². The summed E-state index contributed by atoms with van der Waals surface area (Å²) in [7, 11) is 0. The third-order valence-electron chi connectivity index (χ3n) is 5.41. The van der Waals surface area contributed by atoms with E-state index in [1.807, 2.05) is 13.8 Å². The number of halogens is 1. The first-order chi connectivity index (χ1) is 15.5. The fraction of sp³-hybridized carbons (Fsp3) is 0.478. The third-order valence-corrected chi connectivity index (χ3v) is 6.47. The average Bonchev–Trinajstić information content (AvgIpc) is 3.23. The molecule has 10 heteroatoms. The minimum Gasteiger partial charge on any atom is -0.481 e. The lowest BCUT2D eigenvalue weighted by molar-refractivity contribution is -0.137. The van der Waals surface area contributed by atoms with Crippen molar-refractivity contribution in [2.45, 2.75) is 59.8 Å². The number of carbonyl (C=O) groups excluding carboxylic acids is 2. The number of esters is 1. The van der Waals surface area contributed by atoms with Crippen molar-refractivity contribution in [2.24, 2.45) is 11.1 Å². The first kappa shape index (κ1) is 28.0. The van der Waals surface area contributed by atoms with Gasteiger partial charge in [-0.25, -0.2) is 9.18 Å². The molecule has 0 radical (unpaired) electrons. The summed E-state index contributed by atoms with van der Waals surface area (Å²) in [5.41, 5.74) is 4.80. The molecule has 0 bridgehead atoms. The zero-order valence-electron chi connectivity index (χ0n) is 19.4. The Morgan fingerprint density at radius 3 is 2.42 bits per heavy atom. The first-order valence-corrected chi connectivity index (χ1v) is 11.5. The number of hydrogen-bond donors (Lipinski definition) is 4. The molecule has 1 aromatic rings. The van der Waals surface area contributed by atoms with Crippen molar-refractivity contribution < 1.29 is 28.6 Å². The Morgan fingerprint density at radius 1 is 1.27 bits per heavy atom. The quantitative estimate of drug-likeness (QED) is 0.109. The van der Waals surface area contributed by atoms with Gasteiger partial charge in [0.15, 0.2) is 5.83 Å². The van der Waals surface area contributed by atoms with Crippen molar-refractivity contribution in [1.82, 2.24) is 5.32 Å². The van der Waals surface area contributed by atoms with Crippen LogP contribution < -0.4 is 11.1 Å². The van der Waals surface area contributed by atoms with Crippen molar-refractivity contribution in [2.75, 3.05) is 6.54 Å². The van der Waals surface area contributed by atoms with E-state index >= 15 is 0 Å². The summed E-state index contributed by atoms with van der Waals surface area (Å²) in [6.45, 7) is 6.95. The van der Waals surface area contributed by atoms with E-state index in [0.717, 1.165) is 22.3 Å². The zero-order chi connectivity index (χ0) is 25.2. The number of nitrogens with two attached hydrogens (primary N) is 1. The molecule has 0 saturated carbocycles. The number of carbonyl (C=O) groups is 3. The number of carboxylic acid groups (broad SMARTS) is 1. The van der Waals surface area contributed by atoms with Crippen molar-refractivity contribution >= 4 is 35.0 Å². The van der Waals surface area contributed by atoms with Crippen LogP contribution in [0, 0.1) is 10.8 Å². The van der Waals surface area contributed by atoms with E-state index in [-0.39, 0.29) is 47.3 Å². The molecule has 0 unspecified atom stereocenters. The number of carboxylic acids is 1. The van der Waals surface area contributed by atoms with E-state index in [0.29, 0.717) is 19.3 Å². The number of nitrogens with one attached hydrogen (secondary N) is 2. The van der Waals surface area contributed by atoms with Crippen LogP contribution in [0.5, 0.6) is 0 Å². The molecular weight excluding hydrogens is 449 g/mol. The van der Waals surface area contributed by atoms with Gasteiger partial charge in [0.2, 0.25) is 5.91 Å². The van der Waals surface area contributed by atoms with Crippen LogP contribution in [0.25, 0.3) is 0 Å². The molecule has 1 rings (SSSR count). The van der Waals surface area contributed by atoms with Gasteiger partial charge in [0.1, 0.15) is 16.5 Å². The molecule has 1 aromatic heterocycles. The van der Waals surface area contributed by atoms with Gasteiger partial charge >= 0.3 is 11.9 Å². The van der Waals surface area contributed by atoms with Gasteiger partial charge in [-0.2, -0.15) is 0 Å². The molecule has 1 heterocycles. The summed E-state index contributed by atoms with van der Waals surface area (Å²) >= 11 is 1.16. The number of aliphatic carboxylic acids is 1. The van der Waals surface area contributed by atoms with Crippen LogP contribution in [0.1, 0.15) is 67.9 Å². The number of allylic oxidation sites excluding steroid dienone is 3. The van der Waals surface area contributed by atoms with Gasteiger partial charge < -0.3 is 20.9 Å². The highest BCUT2D eigenvalue weighted by Gasteiger charge is 2.35. The van der Waals surface area contributed by atoms with Crippen molar-refractivity contribution in [3.63, 3.8) is 0 Å². The predicted molar refractivity (Wildman–Crippen MR) is 126 cm³/mol. The Hall–Kier alpha value is -3.01. The van der Waals surface area contributed by atoms with Crippen molar-refractivity contribution in [1.29, 1.82) is 5.41 Å². The second kappa shape index (κ2) is 12.9. The summed E-state index contributed by atoms with van der Waals surface area (Å²) in [4.78, 5) is 37.1. The highest BCUT2D eigenvalue weighted by atomic mass is 32.1. The highest BCUT2D eigenvalue weighted by molar-refractivity contribution is 7.13. The Morgan fingerprint density at radius 2 is 1.91 bits per heavy atom. The van der Waals surface area contributed by atoms with E-state index in [9.17, 15) is 18.8 Å². The second-order valence-electron chi connectivity index (χ2n) is 7.59. The third kappa shape index (κ3) is 8.12. The summed E-state index contributed by atoms with van der Waals surface area (Å²) in [6.07, 6.45) is 2.47. The summed E-state index contributed by atoms with van der Waals surface area (Å²) in [5.74, 6) is -3.14. The zero-order valence-corrected chi connectivity index (χ0v) is 20.2. The topological polar surface area (TPSA) is 143 Å². The molecule has 33 heavy (non-hydrogen) atoms. The fourth-order valence-electron chi connectivity index (χ4n) is 3.09. The summed E-state index contributed by atoms with van der Waals surface area (Å²) in [6, 6.07) is 3.31. The van der Waals surface area contributed by atoms with Crippen LogP contribution in [-0.2, 0) is 20.7 Å². The number of amidine groups is 1. The van der Waals surface area contributed by atoms with Gasteiger partial charge in [-0.05, 0) is 50.0 Å². The SMILES string of the molecule is CC/C(OC(=O)c1ccc(CC(CC)(CC)C(=O)NCCC(=O)O)s1)=C(F)\C=C(/C)C(=N)N. The minimum absolute atomic E-state index is 0.0488. The molecule has 0 aliphatic rings. The molecule has 0 aliphatic carbocycles. The lowest BCUT2D eigenvalue weighted by Gasteiger charge is -2.29. The smallest absolute Gasteiger partial charge is 0.353 e. The van der Waals surface area contributed by atoms with Gasteiger partial charge in [-0.3, -0.25) is 15.0 Å². The van der Waals surface area contributed by atoms with Crippen LogP contribution in [0.2, 0.25) is 0 Å². The molecule has 182 valence electrons. The van der Waals surface area contributed by atoms with Crippen LogP contribution in [0.4, 0.5) is 4.39 Å². The number of hydrogen-bond acceptors (Lipinski definition) is 6. The Bertz CT molecular complexity index is 948. The highest BCUT2D eigenvalue weighted by Crippen LogP contribution is 2.34. The van der Waals surface area contributed by atoms with Crippen LogP contribution in [-0.4, -0.2) is 35.3 Å². The standard InChI is InChI=1S/C23H32FN3O5S/c1-5-17(16(24)12-14(4)20(25)26)32-21(30)18-9-8-15(33-18)13-23(6-2,7-3)22(31)27-11-10-19(28)29/h8-9,12H,5-7,10-11,13H2,1-4H3,(H3,25,26)(H,27,31)(H,28,29)/b14-12+,17-16-. The van der Waals surface area contributed by atoms with Gasteiger partial charge in [0.05, 0.1) is 11.8 Å². The monoisotopic (exact) mass is 481 g/mol. The van der Waals surface area contributed by atoms with Gasteiger partial charge in [0, 0.05) is 17.8 Å². The molecule has 8 nitrogen and oxygen atoms in total. The number of ether oxygens (including phenoxy) is 1. The van der Waals surface area contributed by atoms with E-state index in [1.54, 1.807) is 19.1 Å². The van der Waals surface area contributed by atoms with Crippen LogP contribution >= 0.6 is 11.3 Å². The molecule has 0 atom stereocenters. The molecule has 0 aromatic carbocycles. The maximum Gasteiger partial charge on any atom is 0.353 e. The molecular formula is C23H32FN3O5S. The lowest BCUT2D eigenvalue weighted by Crippen LogP contribution is -2.42. The van der Waals surface area contributed by atoms with Gasteiger partial charge in [0.25, 0.3) is 0 Å². The largest absolute Gasteiger partial charge is 0.481 e. The number of rotatable bonds is 13. The minimum atomic E-state index is -0.987. The Kier molecular flexibility index (Phi) is 10.9. The lowest BCUT2D eigenvalue weighted by atomic mass is 9.78. The van der Waals surface area contributed by atoms with E-state index in [2.05, 4.69) is 5.32 Å². The Labute approximate surface area is 197 Å². The molecule has 0 aliphatic heterocycles. The normalized spacial score (nSPS) is 12.7. The summed E-state index contributed by atoms with van der Waals surface area (Å²) < 4.78 is 19.6. The average molecular weight is 482 g/mol. The van der Waals surface area contributed by atoms with Crippen LogP contribution in [0.3, 0.4) is 0 Å². The van der Waals surface area contributed by atoms with Crippen molar-refractivity contribution in [3.8, 4) is 0 Å². The predicted octanol–water partition coefficient (Wildman–Crippen LogP) is 4.32. The molecule has 0 spiro atoms. The van der Waals surface area contributed by atoms with Gasteiger partial charge in [-0.15, -0.1) is 11.3 Å². The maximum absolute atomic E-state index is 14.4. The molecule has 0 saturated heterocycles. The molecule has 1 amide bonds. The fourth-order valence-corrected chi connectivity index (χ4v) is 4.12. The first-order valence-electron chi connectivity index (χ1n) is 10.7. The van der Waals surface area contributed by atoms with E-state index < -0.39 is 23.2 Å². The maximum atomic E-state index is 14.4. The summed E-state index contributed by atoms with van der Waals surface area (Å²) in [5, 5.41) is 18.8. The van der Waals surface area contributed by atoms with Crippen molar-refractivity contribution in [3.05, 3.63) is 45.1 Å². The molecule has 0 fully saturated rings. The van der Waals surface area contributed by atoms with E-state index in [4.69, 9.17) is 21.0 Å². The second-order valence-corrected chi connectivity index (χ2v) is 8.75. The van der Waals surface area contributed by atoms with Crippen LogP contribution in [0.15, 0.2) is 35.4 Å².